The number of unbranched alkanes of at least 4 members (excludes halogenated alkanes) is 7. The summed E-state index contributed by atoms with van der Waals surface area (Å²) in [6.45, 7) is 4.51. The second-order valence-corrected chi connectivity index (χ2v) is 6.31. The lowest BCUT2D eigenvalue weighted by molar-refractivity contribution is 0.442. The Morgan fingerprint density at radius 3 is 2.00 bits per heavy atom. The molecule has 0 amide bonds. The minimum atomic E-state index is 0.488. The first-order chi connectivity index (χ1) is 10.3. The van der Waals surface area contributed by atoms with Gasteiger partial charge >= 0.3 is 0 Å². The van der Waals surface area contributed by atoms with Gasteiger partial charge in [0.15, 0.2) is 0 Å². The van der Waals surface area contributed by atoms with Crippen LogP contribution in [-0.2, 0) is 0 Å². The summed E-state index contributed by atoms with van der Waals surface area (Å²) in [5, 5.41) is 10.1. The Kier molecular flexibility index (Phi) is 10.0. The summed E-state index contributed by atoms with van der Waals surface area (Å²) < 4.78 is 0. The number of phenolic OH excluding ortho intramolecular Hbond substituents is 1. The molecule has 0 heterocycles. The van der Waals surface area contributed by atoms with Gasteiger partial charge in [-0.05, 0) is 30.4 Å². The molecule has 1 atom stereocenters. The molecule has 0 saturated heterocycles. The molecule has 0 aromatic heterocycles. The summed E-state index contributed by atoms with van der Waals surface area (Å²) >= 11 is 0. The zero-order valence-corrected chi connectivity index (χ0v) is 14.1. The van der Waals surface area contributed by atoms with Crippen LogP contribution in [-0.4, -0.2) is 5.11 Å². The van der Waals surface area contributed by atoms with Crippen molar-refractivity contribution in [1.82, 2.24) is 0 Å². The van der Waals surface area contributed by atoms with Gasteiger partial charge in [0.1, 0.15) is 5.75 Å². The predicted molar refractivity (Wildman–Crippen MR) is 93.0 cm³/mol. The Hall–Kier alpha value is -0.980. The van der Waals surface area contributed by atoms with Crippen molar-refractivity contribution in [1.29, 1.82) is 0 Å². The first-order valence-electron chi connectivity index (χ1n) is 9.07. The molecule has 0 saturated carbocycles. The van der Waals surface area contributed by atoms with Crippen LogP contribution in [0.4, 0.5) is 0 Å². The van der Waals surface area contributed by atoms with Crippen LogP contribution in [0.2, 0.25) is 0 Å². The number of aromatic hydroxyl groups is 1. The highest BCUT2D eigenvalue weighted by Crippen LogP contribution is 2.33. The first kappa shape index (κ1) is 18.1. The van der Waals surface area contributed by atoms with Gasteiger partial charge in [0.05, 0.1) is 0 Å². The van der Waals surface area contributed by atoms with Crippen molar-refractivity contribution in [3.8, 4) is 5.75 Å². The third kappa shape index (κ3) is 7.55. The molecule has 1 aromatic carbocycles. The summed E-state index contributed by atoms with van der Waals surface area (Å²) in [6.07, 6.45) is 14.5. The SMILES string of the molecule is CCCCCCCCCC(CCCC)c1ccccc1O. The number of phenols is 1. The molecule has 1 nitrogen and oxygen atoms in total. The fraction of sp³-hybridized carbons (Fsp3) is 0.700. The van der Waals surface area contributed by atoms with Crippen LogP contribution in [0.3, 0.4) is 0 Å². The molecule has 0 radical (unpaired) electrons. The van der Waals surface area contributed by atoms with E-state index < -0.39 is 0 Å². The van der Waals surface area contributed by atoms with E-state index in [2.05, 4.69) is 26.0 Å². The van der Waals surface area contributed by atoms with E-state index in [1.807, 2.05) is 12.1 Å². The second-order valence-electron chi connectivity index (χ2n) is 6.31. The molecule has 1 heteroatoms. The van der Waals surface area contributed by atoms with Crippen molar-refractivity contribution < 1.29 is 5.11 Å². The summed E-state index contributed by atoms with van der Waals surface area (Å²) in [5.74, 6) is 1.03. The lowest BCUT2D eigenvalue weighted by Gasteiger charge is -2.18. The highest BCUT2D eigenvalue weighted by Gasteiger charge is 2.14. The van der Waals surface area contributed by atoms with E-state index in [1.54, 1.807) is 0 Å². The number of hydrogen-bond acceptors (Lipinski definition) is 1. The van der Waals surface area contributed by atoms with Gasteiger partial charge in [-0.2, -0.15) is 0 Å². The van der Waals surface area contributed by atoms with Gasteiger partial charge in [0.2, 0.25) is 0 Å². The largest absolute Gasteiger partial charge is 0.508 e. The van der Waals surface area contributed by atoms with Crippen molar-refractivity contribution in [3.05, 3.63) is 29.8 Å². The van der Waals surface area contributed by atoms with Crippen LogP contribution in [0, 0.1) is 0 Å². The van der Waals surface area contributed by atoms with E-state index >= 15 is 0 Å². The average molecular weight is 290 g/mol. The van der Waals surface area contributed by atoms with Crippen molar-refractivity contribution in [2.24, 2.45) is 0 Å². The summed E-state index contributed by atoms with van der Waals surface area (Å²) in [5.41, 5.74) is 1.16. The molecule has 0 bridgehead atoms. The standard InChI is InChI=1S/C20H34O/c1-3-5-7-8-9-10-11-15-18(14-6-4-2)19-16-12-13-17-20(19)21/h12-13,16-18,21H,3-11,14-15H2,1-2H3. The number of rotatable bonds is 12. The number of hydrogen-bond donors (Lipinski definition) is 1. The normalized spacial score (nSPS) is 12.5. The average Bonchev–Trinajstić information content (AvgIpc) is 2.50. The molecule has 0 aliphatic heterocycles. The van der Waals surface area contributed by atoms with Gasteiger partial charge in [-0.1, -0.05) is 89.8 Å². The maximum absolute atomic E-state index is 10.1. The van der Waals surface area contributed by atoms with E-state index in [0.29, 0.717) is 11.7 Å². The summed E-state index contributed by atoms with van der Waals surface area (Å²) in [4.78, 5) is 0. The topological polar surface area (TPSA) is 20.2 Å². The summed E-state index contributed by atoms with van der Waals surface area (Å²) in [7, 11) is 0. The smallest absolute Gasteiger partial charge is 0.119 e. The molecule has 1 unspecified atom stereocenters. The van der Waals surface area contributed by atoms with Gasteiger partial charge in [0.25, 0.3) is 0 Å². The lowest BCUT2D eigenvalue weighted by atomic mass is 9.88. The zero-order chi connectivity index (χ0) is 15.3. The molecule has 0 aliphatic rings. The van der Waals surface area contributed by atoms with E-state index in [4.69, 9.17) is 0 Å². The molecule has 1 N–H and O–H groups in total. The molecule has 21 heavy (non-hydrogen) atoms. The molecule has 1 rings (SSSR count). The lowest BCUT2D eigenvalue weighted by Crippen LogP contribution is -2.00. The Morgan fingerprint density at radius 2 is 1.33 bits per heavy atom. The third-order valence-corrected chi connectivity index (χ3v) is 4.44. The highest BCUT2D eigenvalue weighted by atomic mass is 16.3. The van der Waals surface area contributed by atoms with Crippen LogP contribution in [0.1, 0.15) is 96.0 Å². The predicted octanol–water partition coefficient (Wildman–Crippen LogP) is 6.81. The Labute approximate surface area is 131 Å². The molecule has 120 valence electrons. The van der Waals surface area contributed by atoms with Gasteiger partial charge in [-0.25, -0.2) is 0 Å². The maximum Gasteiger partial charge on any atom is 0.119 e. The Morgan fingerprint density at radius 1 is 0.762 bits per heavy atom. The van der Waals surface area contributed by atoms with Gasteiger partial charge in [0, 0.05) is 0 Å². The van der Waals surface area contributed by atoms with Gasteiger partial charge in [-0.3, -0.25) is 0 Å². The number of benzene rings is 1. The zero-order valence-electron chi connectivity index (χ0n) is 14.1. The van der Waals surface area contributed by atoms with E-state index in [0.717, 1.165) is 5.56 Å². The first-order valence-corrected chi connectivity index (χ1v) is 9.07. The second kappa shape index (κ2) is 11.7. The fourth-order valence-electron chi connectivity index (χ4n) is 3.09. The summed E-state index contributed by atoms with van der Waals surface area (Å²) in [6, 6.07) is 7.91. The van der Waals surface area contributed by atoms with E-state index in [9.17, 15) is 5.11 Å². The fourth-order valence-corrected chi connectivity index (χ4v) is 3.09. The monoisotopic (exact) mass is 290 g/mol. The molecule has 0 spiro atoms. The van der Waals surface area contributed by atoms with Crippen LogP contribution in [0.5, 0.6) is 5.75 Å². The quantitative estimate of drug-likeness (QED) is 0.419. The van der Waals surface area contributed by atoms with Gasteiger partial charge in [-0.15, -0.1) is 0 Å². The van der Waals surface area contributed by atoms with Crippen LogP contribution in [0.25, 0.3) is 0 Å². The Balaban J connectivity index is 2.35. The third-order valence-electron chi connectivity index (χ3n) is 4.44. The molecule has 0 fully saturated rings. The van der Waals surface area contributed by atoms with Crippen LogP contribution >= 0.6 is 0 Å². The van der Waals surface area contributed by atoms with E-state index in [-0.39, 0.29) is 0 Å². The molecular formula is C20H34O. The molecular weight excluding hydrogens is 256 g/mol. The highest BCUT2D eigenvalue weighted by molar-refractivity contribution is 5.34. The van der Waals surface area contributed by atoms with Crippen molar-refractivity contribution in [3.63, 3.8) is 0 Å². The van der Waals surface area contributed by atoms with Crippen molar-refractivity contribution in [2.75, 3.05) is 0 Å². The van der Waals surface area contributed by atoms with E-state index in [1.165, 1.54) is 70.6 Å². The number of para-hydroxylation sites is 1. The minimum absolute atomic E-state index is 0.488. The maximum atomic E-state index is 10.1. The van der Waals surface area contributed by atoms with Crippen LogP contribution in [0.15, 0.2) is 24.3 Å². The Bertz CT molecular complexity index is 359. The molecule has 1 aromatic rings. The minimum Gasteiger partial charge on any atom is -0.508 e. The van der Waals surface area contributed by atoms with Crippen LogP contribution < -0.4 is 0 Å². The van der Waals surface area contributed by atoms with Crippen molar-refractivity contribution >= 4 is 0 Å². The van der Waals surface area contributed by atoms with Crippen molar-refractivity contribution in [2.45, 2.75) is 90.4 Å². The van der Waals surface area contributed by atoms with Gasteiger partial charge < -0.3 is 5.11 Å². The molecule has 0 aliphatic carbocycles.